The number of rotatable bonds is 9. The van der Waals surface area contributed by atoms with E-state index in [-0.39, 0.29) is 30.1 Å². The number of aryl methyl sites for hydroxylation is 1. The zero-order chi connectivity index (χ0) is 18.8. The second-order valence-corrected chi connectivity index (χ2v) is 6.79. The molecule has 0 aromatic heterocycles. The first-order valence-corrected chi connectivity index (χ1v) is 9.55. The quantitative estimate of drug-likeness (QED) is 0.215. The van der Waals surface area contributed by atoms with Crippen molar-refractivity contribution < 1.29 is 14.6 Å². The van der Waals surface area contributed by atoms with E-state index in [1.807, 2.05) is 13.0 Å². The van der Waals surface area contributed by atoms with Gasteiger partial charge in [0.15, 0.2) is 5.96 Å². The normalized spacial score (nSPS) is 19.5. The van der Waals surface area contributed by atoms with Gasteiger partial charge in [0.1, 0.15) is 12.4 Å². The van der Waals surface area contributed by atoms with E-state index in [0.717, 1.165) is 55.2 Å². The van der Waals surface area contributed by atoms with E-state index in [2.05, 4.69) is 34.7 Å². The van der Waals surface area contributed by atoms with Gasteiger partial charge < -0.3 is 25.2 Å². The first-order valence-electron chi connectivity index (χ1n) is 9.55. The lowest BCUT2D eigenvalue weighted by molar-refractivity contribution is 0.134. The second-order valence-electron chi connectivity index (χ2n) is 6.79. The molecule has 3 N–H and O–H groups in total. The van der Waals surface area contributed by atoms with E-state index < -0.39 is 0 Å². The molecular formula is C20H34IN3O3. The first-order chi connectivity index (χ1) is 12.6. The molecule has 0 spiro atoms. The second kappa shape index (κ2) is 13.2. The molecule has 1 fully saturated rings. The summed E-state index contributed by atoms with van der Waals surface area (Å²) >= 11 is 0. The number of nitrogens with one attached hydrogen (secondary N) is 2. The van der Waals surface area contributed by atoms with Gasteiger partial charge in [-0.2, -0.15) is 0 Å². The fraction of sp³-hybridized carbons (Fsp3) is 0.650. The molecule has 0 amide bonds. The van der Waals surface area contributed by atoms with Crippen molar-refractivity contribution >= 4 is 29.9 Å². The summed E-state index contributed by atoms with van der Waals surface area (Å²) in [5.74, 6) is 1.94. The number of methoxy groups -OCH3 is 1. The van der Waals surface area contributed by atoms with Crippen LogP contribution in [0.15, 0.2) is 23.2 Å². The average Bonchev–Trinajstić information content (AvgIpc) is 3.04. The highest BCUT2D eigenvalue weighted by Gasteiger charge is 2.24. The van der Waals surface area contributed by atoms with Gasteiger partial charge in [0.25, 0.3) is 0 Å². The molecule has 0 radical (unpaired) electrons. The van der Waals surface area contributed by atoms with Gasteiger partial charge in [0, 0.05) is 31.7 Å². The van der Waals surface area contributed by atoms with E-state index >= 15 is 0 Å². The van der Waals surface area contributed by atoms with Crippen molar-refractivity contribution in [2.45, 2.75) is 45.8 Å². The number of guanidine groups is 1. The smallest absolute Gasteiger partial charge is 0.191 e. The Kier molecular flexibility index (Phi) is 11.7. The number of hydrogen-bond donors (Lipinski definition) is 3. The molecule has 6 nitrogen and oxygen atoms in total. The maximum Gasteiger partial charge on any atom is 0.191 e. The zero-order valence-corrected chi connectivity index (χ0v) is 19.0. The van der Waals surface area contributed by atoms with Crippen LogP contribution in [-0.4, -0.2) is 50.6 Å². The van der Waals surface area contributed by atoms with Gasteiger partial charge in [-0.3, -0.25) is 0 Å². The summed E-state index contributed by atoms with van der Waals surface area (Å²) in [6.07, 6.45) is 2.89. The Hall–Kier alpha value is -1.06. The van der Waals surface area contributed by atoms with Crippen molar-refractivity contribution in [1.29, 1.82) is 0 Å². The molecule has 2 rings (SSSR count). The van der Waals surface area contributed by atoms with Gasteiger partial charge in [0.2, 0.25) is 0 Å². The Balaban J connectivity index is 0.00000364. The predicted molar refractivity (Wildman–Crippen MR) is 120 cm³/mol. The maximum absolute atomic E-state index is 9.98. The summed E-state index contributed by atoms with van der Waals surface area (Å²) in [7, 11) is 1.67. The van der Waals surface area contributed by atoms with Crippen LogP contribution in [0.2, 0.25) is 0 Å². The first kappa shape index (κ1) is 24.0. The molecule has 0 saturated heterocycles. The number of ether oxygens (including phenoxy) is 2. The van der Waals surface area contributed by atoms with Gasteiger partial charge >= 0.3 is 0 Å². The maximum atomic E-state index is 9.98. The molecule has 0 bridgehead atoms. The number of aliphatic hydroxyl groups is 1. The van der Waals surface area contributed by atoms with E-state index in [4.69, 9.17) is 9.47 Å². The van der Waals surface area contributed by atoms with Crippen molar-refractivity contribution in [2.24, 2.45) is 10.9 Å². The highest BCUT2D eigenvalue weighted by molar-refractivity contribution is 14.0. The van der Waals surface area contributed by atoms with E-state index in [1.54, 1.807) is 7.11 Å². The molecule has 1 aromatic rings. The molecule has 27 heavy (non-hydrogen) atoms. The van der Waals surface area contributed by atoms with Crippen LogP contribution in [0, 0.1) is 12.8 Å². The topological polar surface area (TPSA) is 75.1 Å². The summed E-state index contributed by atoms with van der Waals surface area (Å²) in [4.78, 5) is 4.69. The minimum Gasteiger partial charge on any atom is -0.491 e. The van der Waals surface area contributed by atoms with Gasteiger partial charge in [0.05, 0.1) is 19.3 Å². The summed E-state index contributed by atoms with van der Waals surface area (Å²) in [6.45, 7) is 7.26. The fourth-order valence-electron chi connectivity index (χ4n) is 3.15. The third kappa shape index (κ3) is 8.23. The van der Waals surface area contributed by atoms with Crippen LogP contribution in [0.25, 0.3) is 0 Å². The highest BCUT2D eigenvalue weighted by atomic mass is 127. The molecule has 1 aliphatic rings. The summed E-state index contributed by atoms with van der Waals surface area (Å²) in [5.41, 5.74) is 2.20. The molecule has 1 aromatic carbocycles. The standard InChI is InChI=1S/C20H33N3O3.HI/c1-4-21-20(22-13-16-6-5-7-18(16)24)23-14-17-9-8-15(2)12-19(17)26-11-10-25-3;/h8-9,12,16,18,24H,4-7,10-11,13-14H2,1-3H3,(H2,21,22,23);1H. The van der Waals surface area contributed by atoms with Crippen molar-refractivity contribution in [1.82, 2.24) is 10.6 Å². The number of aliphatic hydroxyl groups excluding tert-OH is 1. The van der Waals surface area contributed by atoms with Crippen LogP contribution in [0.5, 0.6) is 5.75 Å². The molecule has 154 valence electrons. The number of benzene rings is 1. The van der Waals surface area contributed by atoms with Crippen molar-refractivity contribution in [3.05, 3.63) is 29.3 Å². The van der Waals surface area contributed by atoms with Crippen LogP contribution < -0.4 is 15.4 Å². The number of aliphatic imine (C=N–C) groups is 1. The van der Waals surface area contributed by atoms with Crippen molar-refractivity contribution in [3.8, 4) is 5.75 Å². The monoisotopic (exact) mass is 491 g/mol. The third-order valence-corrected chi connectivity index (χ3v) is 4.67. The SMILES string of the molecule is CCNC(=NCc1ccc(C)cc1OCCOC)NCC1CCCC1O.I. The number of hydrogen-bond acceptors (Lipinski definition) is 4. The Morgan fingerprint density at radius 2 is 2.07 bits per heavy atom. The Labute approximate surface area is 180 Å². The van der Waals surface area contributed by atoms with Gasteiger partial charge in [-0.15, -0.1) is 24.0 Å². The van der Waals surface area contributed by atoms with Crippen LogP contribution in [-0.2, 0) is 11.3 Å². The molecule has 1 saturated carbocycles. The van der Waals surface area contributed by atoms with E-state index in [9.17, 15) is 5.11 Å². The molecule has 2 unspecified atom stereocenters. The predicted octanol–water partition coefficient (Wildman–Crippen LogP) is 2.85. The van der Waals surface area contributed by atoms with Gasteiger partial charge in [-0.05, 0) is 38.3 Å². The van der Waals surface area contributed by atoms with Crippen LogP contribution in [0.3, 0.4) is 0 Å². The van der Waals surface area contributed by atoms with Crippen molar-refractivity contribution in [3.63, 3.8) is 0 Å². The van der Waals surface area contributed by atoms with Gasteiger partial charge in [-0.25, -0.2) is 4.99 Å². The lowest BCUT2D eigenvalue weighted by Gasteiger charge is -2.18. The molecule has 2 atom stereocenters. The van der Waals surface area contributed by atoms with Crippen molar-refractivity contribution in [2.75, 3.05) is 33.4 Å². The molecule has 0 aliphatic heterocycles. The lowest BCUT2D eigenvalue weighted by atomic mass is 10.1. The minimum atomic E-state index is -0.191. The summed E-state index contributed by atoms with van der Waals surface area (Å²) in [6, 6.07) is 6.17. The minimum absolute atomic E-state index is 0. The largest absolute Gasteiger partial charge is 0.491 e. The molecule has 0 heterocycles. The fourth-order valence-corrected chi connectivity index (χ4v) is 3.15. The number of halogens is 1. The van der Waals surface area contributed by atoms with Gasteiger partial charge in [-0.1, -0.05) is 18.6 Å². The highest BCUT2D eigenvalue weighted by Crippen LogP contribution is 2.24. The molecule has 1 aliphatic carbocycles. The van der Waals surface area contributed by atoms with E-state index in [0.29, 0.717) is 25.7 Å². The Morgan fingerprint density at radius 3 is 2.74 bits per heavy atom. The number of nitrogens with zero attached hydrogens (tertiary/aromatic N) is 1. The third-order valence-electron chi connectivity index (χ3n) is 4.67. The Morgan fingerprint density at radius 1 is 1.26 bits per heavy atom. The average molecular weight is 491 g/mol. The zero-order valence-electron chi connectivity index (χ0n) is 16.7. The van der Waals surface area contributed by atoms with Crippen LogP contribution in [0.4, 0.5) is 0 Å². The lowest BCUT2D eigenvalue weighted by Crippen LogP contribution is -2.41. The summed E-state index contributed by atoms with van der Waals surface area (Å²) in [5, 5.41) is 16.6. The Bertz CT molecular complexity index is 584. The summed E-state index contributed by atoms with van der Waals surface area (Å²) < 4.78 is 10.9. The van der Waals surface area contributed by atoms with Crippen LogP contribution in [0.1, 0.15) is 37.3 Å². The van der Waals surface area contributed by atoms with Crippen LogP contribution >= 0.6 is 24.0 Å². The molecular weight excluding hydrogens is 457 g/mol. The molecule has 7 heteroatoms. The van der Waals surface area contributed by atoms with E-state index in [1.165, 1.54) is 0 Å².